The summed E-state index contributed by atoms with van der Waals surface area (Å²) in [4.78, 5) is 13.0. The first kappa shape index (κ1) is 13.5. The van der Waals surface area contributed by atoms with Crippen LogP contribution in [0.1, 0.15) is 42.9 Å². The first-order valence-electron chi connectivity index (χ1n) is 5.71. The molecule has 88 valence electrons. The molecule has 0 saturated heterocycles. The lowest BCUT2D eigenvalue weighted by atomic mass is 10.3. The monoisotopic (exact) mass is 255 g/mol. The minimum atomic E-state index is -0.805. The predicted octanol–water partition coefficient (Wildman–Crippen LogP) is 3.97. The maximum absolute atomic E-state index is 11.9. The number of nitrogens with zero attached hydrogens (tertiary/aromatic N) is 1. The van der Waals surface area contributed by atoms with E-state index in [2.05, 4.69) is 24.1 Å². The van der Waals surface area contributed by atoms with Crippen molar-refractivity contribution in [1.82, 2.24) is 4.67 Å². The van der Waals surface area contributed by atoms with Gasteiger partial charge in [-0.1, -0.05) is 33.3 Å². The van der Waals surface area contributed by atoms with E-state index in [0.717, 1.165) is 23.5 Å². The van der Waals surface area contributed by atoms with Crippen LogP contribution < -0.4 is 0 Å². The van der Waals surface area contributed by atoms with E-state index in [4.69, 9.17) is 0 Å². The molecule has 1 aliphatic rings. The van der Waals surface area contributed by atoms with Crippen LogP contribution in [0.4, 0.5) is 0 Å². The van der Waals surface area contributed by atoms with E-state index in [1.807, 2.05) is 25.3 Å². The first-order chi connectivity index (χ1) is 7.77. The highest BCUT2D eigenvalue weighted by Crippen LogP contribution is 2.39. The van der Waals surface area contributed by atoms with Crippen molar-refractivity contribution in [3.05, 3.63) is 21.9 Å². The van der Waals surface area contributed by atoms with E-state index in [1.54, 1.807) is 11.3 Å². The fourth-order valence-corrected chi connectivity index (χ4v) is 4.50. The van der Waals surface area contributed by atoms with E-state index in [0.29, 0.717) is 0 Å². The fourth-order valence-electron chi connectivity index (χ4n) is 1.53. The summed E-state index contributed by atoms with van der Waals surface area (Å²) >= 11 is 1.62. The number of hydrogen-bond donors (Lipinski definition) is 0. The highest BCUT2D eigenvalue weighted by Gasteiger charge is 2.24. The van der Waals surface area contributed by atoms with Crippen LogP contribution in [0.2, 0.25) is 0 Å². The molecule has 1 unspecified atom stereocenters. The summed E-state index contributed by atoms with van der Waals surface area (Å²) in [6, 6.07) is 1.92. The lowest BCUT2D eigenvalue weighted by Gasteiger charge is -2.15. The summed E-state index contributed by atoms with van der Waals surface area (Å²) in [5.41, 5.74) is 4.49. The molecule has 1 aliphatic heterocycles. The van der Waals surface area contributed by atoms with Crippen LogP contribution in [0.3, 0.4) is 0 Å². The van der Waals surface area contributed by atoms with Gasteiger partial charge < -0.3 is 0 Å². The van der Waals surface area contributed by atoms with Crippen molar-refractivity contribution in [2.45, 2.75) is 27.7 Å². The number of fused-ring (bicyclic) bond motifs is 1. The van der Waals surface area contributed by atoms with Crippen molar-refractivity contribution in [1.29, 1.82) is 0 Å². The molecule has 2 nitrogen and oxygen atoms in total. The van der Waals surface area contributed by atoms with Gasteiger partial charge in [-0.3, -0.25) is 9.46 Å². The molecule has 0 N–H and O–H groups in total. The third-order valence-corrected chi connectivity index (χ3v) is 5.48. The lowest BCUT2D eigenvalue weighted by Crippen LogP contribution is -2.15. The SMILES string of the molecule is CC.CCN(CC)P1#Cc2sccc2C1=O. The molecule has 0 spiro atoms. The number of rotatable bonds is 2. The van der Waals surface area contributed by atoms with Crippen molar-refractivity contribution in [3.63, 3.8) is 0 Å². The third-order valence-electron chi connectivity index (χ3n) is 2.31. The molecule has 0 saturated carbocycles. The minimum absolute atomic E-state index is 0.278. The van der Waals surface area contributed by atoms with Gasteiger partial charge in [-0.25, -0.2) is 0 Å². The minimum Gasteiger partial charge on any atom is -0.282 e. The van der Waals surface area contributed by atoms with Gasteiger partial charge in [0, 0.05) is 20.6 Å². The second-order valence-corrected chi connectivity index (χ2v) is 5.77. The van der Waals surface area contributed by atoms with Gasteiger partial charge in [0.05, 0.1) is 10.4 Å². The van der Waals surface area contributed by atoms with Crippen LogP contribution in [0, 0.1) is 5.63 Å². The lowest BCUT2D eigenvalue weighted by molar-refractivity contribution is 0.108. The summed E-state index contributed by atoms with van der Waals surface area (Å²) in [5.74, 6) is 0. The Morgan fingerprint density at radius 1 is 1.38 bits per heavy atom. The number of carbonyl (C=O) groups is 1. The summed E-state index contributed by atoms with van der Waals surface area (Å²) in [6.07, 6.45) is 0. The molecule has 2 rings (SSSR count). The zero-order chi connectivity index (χ0) is 12.1. The fraction of sp³-hybridized carbons (Fsp3) is 0.500. The molecule has 0 aromatic carbocycles. The van der Waals surface area contributed by atoms with Gasteiger partial charge in [0.15, 0.2) is 0 Å². The van der Waals surface area contributed by atoms with Crippen molar-refractivity contribution in [3.8, 4) is 5.63 Å². The van der Waals surface area contributed by atoms with Crippen molar-refractivity contribution in [2.75, 3.05) is 13.1 Å². The second-order valence-electron chi connectivity index (χ2n) is 3.03. The Balaban J connectivity index is 0.000000606. The van der Waals surface area contributed by atoms with Crippen LogP contribution in [0.15, 0.2) is 11.4 Å². The molecule has 16 heavy (non-hydrogen) atoms. The summed E-state index contributed by atoms with van der Waals surface area (Å²) in [7, 11) is -0.805. The van der Waals surface area contributed by atoms with Gasteiger partial charge in [-0.2, -0.15) is 0 Å². The quantitative estimate of drug-likeness (QED) is 0.745. The summed E-state index contributed by atoms with van der Waals surface area (Å²) < 4.78 is 2.20. The summed E-state index contributed by atoms with van der Waals surface area (Å²) in [5, 5.41) is 1.96. The van der Waals surface area contributed by atoms with Gasteiger partial charge in [0.1, 0.15) is 0 Å². The van der Waals surface area contributed by atoms with E-state index >= 15 is 0 Å². The maximum Gasteiger partial charge on any atom is 0.227 e. The van der Waals surface area contributed by atoms with Crippen LogP contribution in [0.25, 0.3) is 0 Å². The topological polar surface area (TPSA) is 20.3 Å². The second kappa shape index (κ2) is 6.22. The average molecular weight is 255 g/mol. The Morgan fingerprint density at radius 2 is 2.00 bits per heavy atom. The van der Waals surface area contributed by atoms with Gasteiger partial charge >= 0.3 is 0 Å². The van der Waals surface area contributed by atoms with E-state index in [1.165, 1.54) is 0 Å². The summed E-state index contributed by atoms with van der Waals surface area (Å²) in [6.45, 7) is 10.0. The molecule has 1 aromatic rings. The van der Waals surface area contributed by atoms with E-state index in [9.17, 15) is 4.79 Å². The van der Waals surface area contributed by atoms with E-state index < -0.39 is 7.53 Å². The van der Waals surface area contributed by atoms with Gasteiger partial charge in [0.25, 0.3) is 0 Å². The Bertz CT molecular complexity index is 448. The Kier molecular flexibility index (Phi) is 5.24. The van der Waals surface area contributed by atoms with Crippen LogP contribution in [-0.4, -0.2) is 23.3 Å². The average Bonchev–Trinajstić information content (AvgIpc) is 2.88. The Labute approximate surface area is 102 Å². The van der Waals surface area contributed by atoms with Gasteiger partial charge in [0.2, 0.25) is 5.52 Å². The van der Waals surface area contributed by atoms with Crippen molar-refractivity contribution >= 4 is 24.4 Å². The molecular weight excluding hydrogens is 237 g/mol. The van der Waals surface area contributed by atoms with Crippen LogP contribution in [-0.2, 0) is 0 Å². The normalized spacial score (nSPS) is 15.1. The molecule has 0 aliphatic carbocycles. The molecule has 0 bridgehead atoms. The molecule has 1 atom stereocenters. The molecule has 0 radical (unpaired) electrons. The Morgan fingerprint density at radius 3 is 2.50 bits per heavy atom. The molecular formula is C12H18NOPS. The smallest absolute Gasteiger partial charge is 0.227 e. The number of hydrogen-bond acceptors (Lipinski definition) is 3. The van der Waals surface area contributed by atoms with E-state index in [-0.39, 0.29) is 5.52 Å². The molecule has 0 amide bonds. The Hall–Kier alpha value is -0.590. The molecule has 4 heteroatoms. The highest BCUT2D eigenvalue weighted by atomic mass is 32.1. The molecule has 1 aromatic heterocycles. The predicted molar refractivity (Wildman–Crippen MR) is 72.8 cm³/mol. The zero-order valence-electron chi connectivity index (χ0n) is 10.3. The van der Waals surface area contributed by atoms with Crippen LogP contribution >= 0.6 is 18.9 Å². The van der Waals surface area contributed by atoms with Crippen molar-refractivity contribution in [2.24, 2.45) is 0 Å². The first-order valence-corrected chi connectivity index (χ1v) is 7.88. The highest BCUT2D eigenvalue weighted by molar-refractivity contribution is 7.65. The number of thiophene rings is 1. The molecule has 0 fully saturated rings. The maximum atomic E-state index is 11.9. The van der Waals surface area contributed by atoms with Gasteiger partial charge in [-0.15, -0.1) is 11.3 Å². The van der Waals surface area contributed by atoms with Crippen LogP contribution in [0.5, 0.6) is 0 Å². The standard InChI is InChI=1S/C10H12NOPS.C2H6/c1-3-11(4-2)13-7-9-8(10(13)12)5-6-14-9;1-2/h5-6H,3-4H2,1-2H3;1-2H3. The third kappa shape index (κ3) is 2.39. The largest absolute Gasteiger partial charge is 0.282 e. The molecule has 2 heterocycles. The number of carbonyl (C=O) groups excluding carboxylic acids is 1. The van der Waals surface area contributed by atoms with Crippen molar-refractivity contribution < 1.29 is 4.79 Å². The van der Waals surface area contributed by atoms with Gasteiger partial charge in [-0.05, 0) is 11.4 Å². The zero-order valence-corrected chi connectivity index (χ0v) is 12.0.